The molecule has 0 saturated heterocycles. The smallest absolute Gasteiger partial charge is 0.416 e. The zero-order valence-corrected chi connectivity index (χ0v) is 8.53. The van der Waals surface area contributed by atoms with Crippen molar-refractivity contribution in [3.63, 3.8) is 0 Å². The SMILES string of the molecule is OCc1coc(-c2cccc(C(F)(F)F)c2)n1. The number of aliphatic hydroxyl groups excluding tert-OH is 1. The van der Waals surface area contributed by atoms with E-state index in [1.807, 2.05) is 0 Å². The number of hydrogen-bond acceptors (Lipinski definition) is 3. The lowest BCUT2D eigenvalue weighted by Crippen LogP contribution is -2.04. The Morgan fingerprint density at radius 3 is 2.65 bits per heavy atom. The molecule has 0 aliphatic rings. The van der Waals surface area contributed by atoms with Gasteiger partial charge in [0.15, 0.2) is 0 Å². The fourth-order valence-electron chi connectivity index (χ4n) is 1.34. The Bertz CT molecular complexity index is 519. The first-order chi connectivity index (χ1) is 8.00. The normalized spacial score (nSPS) is 11.8. The number of oxazole rings is 1. The Balaban J connectivity index is 2.39. The van der Waals surface area contributed by atoms with E-state index < -0.39 is 11.7 Å². The maximum atomic E-state index is 12.5. The van der Waals surface area contributed by atoms with Gasteiger partial charge in [-0.05, 0) is 18.2 Å². The van der Waals surface area contributed by atoms with Gasteiger partial charge in [0.1, 0.15) is 12.0 Å². The summed E-state index contributed by atoms with van der Waals surface area (Å²) in [6, 6.07) is 4.66. The van der Waals surface area contributed by atoms with E-state index in [0.29, 0.717) is 0 Å². The quantitative estimate of drug-likeness (QED) is 0.882. The number of hydrogen-bond donors (Lipinski definition) is 1. The molecule has 90 valence electrons. The van der Waals surface area contributed by atoms with E-state index in [1.165, 1.54) is 18.4 Å². The van der Waals surface area contributed by atoms with Crippen LogP contribution in [-0.4, -0.2) is 10.1 Å². The van der Waals surface area contributed by atoms with Gasteiger partial charge in [-0.25, -0.2) is 4.98 Å². The van der Waals surface area contributed by atoms with Crippen LogP contribution >= 0.6 is 0 Å². The van der Waals surface area contributed by atoms with Crippen LogP contribution in [0.15, 0.2) is 34.9 Å². The Hall–Kier alpha value is -1.82. The molecule has 0 bridgehead atoms. The van der Waals surface area contributed by atoms with Crippen molar-refractivity contribution in [2.45, 2.75) is 12.8 Å². The van der Waals surface area contributed by atoms with Crippen molar-refractivity contribution >= 4 is 0 Å². The lowest BCUT2D eigenvalue weighted by Gasteiger charge is -2.06. The van der Waals surface area contributed by atoms with Crippen LogP contribution in [0.1, 0.15) is 11.3 Å². The summed E-state index contributed by atoms with van der Waals surface area (Å²) >= 11 is 0. The molecule has 17 heavy (non-hydrogen) atoms. The van der Waals surface area contributed by atoms with Crippen molar-refractivity contribution in [3.8, 4) is 11.5 Å². The highest BCUT2D eigenvalue weighted by Crippen LogP contribution is 2.31. The zero-order valence-electron chi connectivity index (χ0n) is 8.53. The fourth-order valence-corrected chi connectivity index (χ4v) is 1.34. The molecule has 2 aromatic rings. The third-order valence-electron chi connectivity index (χ3n) is 2.15. The van der Waals surface area contributed by atoms with Crippen molar-refractivity contribution in [1.29, 1.82) is 0 Å². The Labute approximate surface area is 94.5 Å². The van der Waals surface area contributed by atoms with Gasteiger partial charge in [0, 0.05) is 5.56 Å². The average molecular weight is 243 g/mol. The number of nitrogens with zero attached hydrogens (tertiary/aromatic N) is 1. The molecule has 2 rings (SSSR count). The standard InChI is InChI=1S/C11H8F3NO2/c12-11(13,14)8-3-1-2-7(4-8)10-15-9(5-16)6-17-10/h1-4,6,16H,5H2. The van der Waals surface area contributed by atoms with Crippen molar-refractivity contribution in [1.82, 2.24) is 4.98 Å². The summed E-state index contributed by atoms with van der Waals surface area (Å²) in [4.78, 5) is 3.84. The topological polar surface area (TPSA) is 46.3 Å². The highest BCUT2D eigenvalue weighted by molar-refractivity contribution is 5.54. The first-order valence-corrected chi connectivity index (χ1v) is 4.73. The van der Waals surface area contributed by atoms with Crippen molar-refractivity contribution in [3.05, 3.63) is 41.8 Å². The van der Waals surface area contributed by atoms with Gasteiger partial charge >= 0.3 is 6.18 Å². The molecule has 0 fully saturated rings. The van der Waals surface area contributed by atoms with E-state index in [2.05, 4.69) is 4.98 Å². The van der Waals surface area contributed by atoms with Crippen molar-refractivity contribution in [2.75, 3.05) is 0 Å². The van der Waals surface area contributed by atoms with Crippen LogP contribution in [0.25, 0.3) is 11.5 Å². The maximum absolute atomic E-state index is 12.5. The minimum Gasteiger partial charge on any atom is -0.444 e. The Kier molecular flexibility index (Phi) is 2.89. The minimum absolute atomic E-state index is 0.0557. The van der Waals surface area contributed by atoms with Crippen LogP contribution in [0.4, 0.5) is 13.2 Å². The van der Waals surface area contributed by atoms with Gasteiger partial charge < -0.3 is 9.52 Å². The molecule has 0 unspecified atom stereocenters. The van der Waals surface area contributed by atoms with E-state index in [4.69, 9.17) is 9.52 Å². The van der Waals surface area contributed by atoms with Crippen LogP contribution < -0.4 is 0 Å². The third kappa shape index (κ3) is 2.47. The van der Waals surface area contributed by atoms with Gasteiger partial charge in [-0.15, -0.1) is 0 Å². The summed E-state index contributed by atoms with van der Waals surface area (Å²) in [6.07, 6.45) is -3.20. The van der Waals surface area contributed by atoms with E-state index in [0.717, 1.165) is 12.1 Å². The van der Waals surface area contributed by atoms with Crippen LogP contribution in [0.3, 0.4) is 0 Å². The van der Waals surface area contributed by atoms with Gasteiger partial charge in [0.2, 0.25) is 5.89 Å². The molecule has 1 N–H and O–H groups in total. The molecule has 6 heteroatoms. The summed E-state index contributed by atoms with van der Waals surface area (Å²) in [5.41, 5.74) is -0.268. The van der Waals surface area contributed by atoms with Gasteiger partial charge in [0.05, 0.1) is 12.2 Å². The molecule has 1 heterocycles. The maximum Gasteiger partial charge on any atom is 0.416 e. The van der Waals surface area contributed by atoms with E-state index in [1.54, 1.807) is 0 Å². The van der Waals surface area contributed by atoms with Gasteiger partial charge in [0.25, 0.3) is 0 Å². The molecule has 0 spiro atoms. The highest BCUT2D eigenvalue weighted by atomic mass is 19.4. The second kappa shape index (κ2) is 4.21. The average Bonchev–Trinajstić information content (AvgIpc) is 2.76. The Morgan fingerprint density at radius 2 is 2.06 bits per heavy atom. The number of aromatic nitrogens is 1. The summed E-state index contributed by atoms with van der Waals surface area (Å²) in [7, 11) is 0. The fraction of sp³-hybridized carbons (Fsp3) is 0.182. The van der Waals surface area contributed by atoms with Gasteiger partial charge in [-0.1, -0.05) is 6.07 Å². The molecule has 3 nitrogen and oxygen atoms in total. The largest absolute Gasteiger partial charge is 0.444 e. The second-order valence-corrected chi connectivity index (χ2v) is 3.38. The van der Waals surface area contributed by atoms with Crippen molar-refractivity contribution < 1.29 is 22.7 Å². The first kappa shape index (κ1) is 11.7. The number of alkyl halides is 3. The summed E-state index contributed by atoms with van der Waals surface area (Å²) in [5.74, 6) is 0.0557. The van der Waals surface area contributed by atoms with E-state index in [-0.39, 0.29) is 23.8 Å². The predicted octanol–water partition coefficient (Wildman–Crippen LogP) is 2.85. The molecule has 1 aromatic carbocycles. The molecule has 0 radical (unpaired) electrons. The molecule has 1 aromatic heterocycles. The molecule has 0 aliphatic heterocycles. The summed E-state index contributed by atoms with van der Waals surface area (Å²) in [6.45, 7) is -0.317. The molecule has 0 aliphatic carbocycles. The zero-order chi connectivity index (χ0) is 12.5. The second-order valence-electron chi connectivity index (χ2n) is 3.38. The van der Waals surface area contributed by atoms with E-state index >= 15 is 0 Å². The lowest BCUT2D eigenvalue weighted by atomic mass is 10.1. The van der Waals surface area contributed by atoms with Crippen molar-refractivity contribution in [2.24, 2.45) is 0 Å². The number of benzene rings is 1. The summed E-state index contributed by atoms with van der Waals surface area (Å²) in [5, 5.41) is 8.78. The number of rotatable bonds is 2. The molecular formula is C11H8F3NO2. The van der Waals surface area contributed by atoms with Crippen LogP contribution in [-0.2, 0) is 12.8 Å². The van der Waals surface area contributed by atoms with Crippen LogP contribution in [0.2, 0.25) is 0 Å². The third-order valence-corrected chi connectivity index (χ3v) is 2.15. The monoisotopic (exact) mass is 243 g/mol. The molecule has 0 saturated carbocycles. The molecular weight excluding hydrogens is 235 g/mol. The van der Waals surface area contributed by atoms with Gasteiger partial charge in [-0.3, -0.25) is 0 Å². The van der Waals surface area contributed by atoms with Gasteiger partial charge in [-0.2, -0.15) is 13.2 Å². The highest BCUT2D eigenvalue weighted by Gasteiger charge is 2.30. The first-order valence-electron chi connectivity index (χ1n) is 4.73. The summed E-state index contributed by atoms with van der Waals surface area (Å²) < 4.78 is 42.4. The number of halogens is 3. The van der Waals surface area contributed by atoms with E-state index in [9.17, 15) is 13.2 Å². The minimum atomic E-state index is -4.40. The van der Waals surface area contributed by atoms with Crippen LogP contribution in [0, 0.1) is 0 Å². The molecule has 0 atom stereocenters. The van der Waals surface area contributed by atoms with Crippen LogP contribution in [0.5, 0.6) is 0 Å². The predicted molar refractivity (Wildman–Crippen MR) is 52.9 cm³/mol. The molecule has 0 amide bonds. The Morgan fingerprint density at radius 1 is 1.29 bits per heavy atom. The number of aliphatic hydroxyl groups is 1. The lowest BCUT2D eigenvalue weighted by molar-refractivity contribution is -0.137.